The quantitative estimate of drug-likeness (QED) is 0.270. The molecule has 0 aliphatic heterocycles. The van der Waals surface area contributed by atoms with Crippen LogP contribution in [0.15, 0.2) is 72.3 Å². The number of hydrogen-bond donors (Lipinski definition) is 1. The Labute approximate surface area is 205 Å². The van der Waals surface area contributed by atoms with E-state index in [1.54, 1.807) is 37.3 Å². The highest BCUT2D eigenvalue weighted by Crippen LogP contribution is 2.32. The van der Waals surface area contributed by atoms with Gasteiger partial charge >= 0.3 is 6.18 Å². The number of carbonyl (C=O) groups is 1. The Bertz CT molecular complexity index is 1280. The first kappa shape index (κ1) is 25.7. The fourth-order valence-electron chi connectivity index (χ4n) is 3.06. The summed E-state index contributed by atoms with van der Waals surface area (Å²) in [5.74, 6) is -0.0106. The molecule has 0 spiro atoms. The van der Waals surface area contributed by atoms with E-state index in [2.05, 4.69) is 5.32 Å². The standard InChI is InChI=1S/C26H20ClF3N2O3/c1-2-34-24-13-17(10-11-23(24)35-16-18-6-3-4-9-22(18)27)12-19(15-31)25(33)32-21-8-5-7-20(14-21)26(28,29)30/h3-14H,2,16H2,1H3,(H,32,33)/b19-12+. The van der Waals surface area contributed by atoms with Crippen LogP contribution in [0.1, 0.15) is 23.6 Å². The highest BCUT2D eigenvalue weighted by molar-refractivity contribution is 6.31. The zero-order valence-corrected chi connectivity index (χ0v) is 19.3. The molecular formula is C26H20ClF3N2O3. The second-order valence-corrected chi connectivity index (χ2v) is 7.63. The van der Waals surface area contributed by atoms with Crippen LogP contribution in [0.4, 0.5) is 18.9 Å². The summed E-state index contributed by atoms with van der Waals surface area (Å²) in [6.07, 6.45) is -3.25. The van der Waals surface area contributed by atoms with Gasteiger partial charge in [-0.15, -0.1) is 0 Å². The first-order chi connectivity index (χ1) is 16.7. The van der Waals surface area contributed by atoms with Gasteiger partial charge in [0.2, 0.25) is 0 Å². The number of amides is 1. The number of halogens is 4. The van der Waals surface area contributed by atoms with Gasteiger partial charge in [0, 0.05) is 16.3 Å². The van der Waals surface area contributed by atoms with Gasteiger partial charge in [0.15, 0.2) is 11.5 Å². The third kappa shape index (κ3) is 7.01. The van der Waals surface area contributed by atoms with Crippen molar-refractivity contribution in [2.75, 3.05) is 11.9 Å². The highest BCUT2D eigenvalue weighted by atomic mass is 35.5. The van der Waals surface area contributed by atoms with Crippen LogP contribution in [0.3, 0.4) is 0 Å². The third-order valence-corrected chi connectivity index (χ3v) is 5.10. The number of alkyl halides is 3. The Hall–Kier alpha value is -3.96. The topological polar surface area (TPSA) is 71.3 Å². The number of carbonyl (C=O) groups excluding carboxylic acids is 1. The molecule has 1 N–H and O–H groups in total. The van der Waals surface area contributed by atoms with Crippen molar-refractivity contribution in [2.45, 2.75) is 19.7 Å². The van der Waals surface area contributed by atoms with Crippen molar-refractivity contribution in [3.05, 3.63) is 94.0 Å². The van der Waals surface area contributed by atoms with Crippen molar-refractivity contribution in [2.24, 2.45) is 0 Å². The van der Waals surface area contributed by atoms with E-state index in [4.69, 9.17) is 21.1 Å². The molecule has 180 valence electrons. The van der Waals surface area contributed by atoms with E-state index < -0.39 is 17.6 Å². The van der Waals surface area contributed by atoms with Crippen LogP contribution in [0.5, 0.6) is 11.5 Å². The maximum Gasteiger partial charge on any atom is 0.416 e. The molecule has 0 aliphatic carbocycles. The lowest BCUT2D eigenvalue weighted by molar-refractivity contribution is -0.137. The van der Waals surface area contributed by atoms with Gasteiger partial charge in [-0.05, 0) is 55.0 Å². The van der Waals surface area contributed by atoms with Crippen LogP contribution in [0.25, 0.3) is 6.08 Å². The highest BCUT2D eigenvalue weighted by Gasteiger charge is 2.30. The van der Waals surface area contributed by atoms with Gasteiger partial charge in [0.25, 0.3) is 5.91 Å². The summed E-state index contributed by atoms with van der Waals surface area (Å²) < 4.78 is 50.2. The van der Waals surface area contributed by atoms with Crippen molar-refractivity contribution < 1.29 is 27.4 Å². The minimum atomic E-state index is -4.56. The van der Waals surface area contributed by atoms with Crippen molar-refractivity contribution >= 4 is 29.3 Å². The normalized spacial score (nSPS) is 11.5. The van der Waals surface area contributed by atoms with Crippen LogP contribution in [0.2, 0.25) is 5.02 Å². The van der Waals surface area contributed by atoms with E-state index in [9.17, 15) is 23.2 Å². The maximum atomic E-state index is 12.9. The molecule has 3 rings (SSSR count). The van der Waals surface area contributed by atoms with Gasteiger partial charge in [-0.25, -0.2) is 0 Å². The zero-order chi connectivity index (χ0) is 25.4. The molecule has 35 heavy (non-hydrogen) atoms. The fourth-order valence-corrected chi connectivity index (χ4v) is 3.25. The molecule has 0 aromatic heterocycles. The first-order valence-corrected chi connectivity index (χ1v) is 10.8. The molecule has 0 saturated carbocycles. The predicted molar refractivity (Wildman–Crippen MR) is 127 cm³/mol. The number of nitrogens with one attached hydrogen (secondary N) is 1. The number of nitriles is 1. The van der Waals surface area contributed by atoms with Gasteiger partial charge < -0.3 is 14.8 Å². The lowest BCUT2D eigenvalue weighted by atomic mass is 10.1. The molecule has 1 amide bonds. The van der Waals surface area contributed by atoms with Crippen LogP contribution in [-0.2, 0) is 17.6 Å². The SMILES string of the molecule is CCOc1cc(/C=C(\C#N)C(=O)Nc2cccc(C(F)(F)F)c2)ccc1OCc1ccccc1Cl. The van der Waals surface area contributed by atoms with Gasteiger partial charge in [0.05, 0.1) is 12.2 Å². The van der Waals surface area contributed by atoms with Crippen molar-refractivity contribution in [1.82, 2.24) is 0 Å². The van der Waals surface area contributed by atoms with Crippen LogP contribution in [-0.4, -0.2) is 12.5 Å². The summed E-state index contributed by atoms with van der Waals surface area (Å²) in [6, 6.07) is 18.0. The Morgan fingerprint density at radius 1 is 1.06 bits per heavy atom. The van der Waals surface area contributed by atoms with Gasteiger partial charge in [-0.2, -0.15) is 18.4 Å². The minimum absolute atomic E-state index is 0.0794. The molecule has 3 aromatic carbocycles. The van der Waals surface area contributed by atoms with Crippen LogP contribution >= 0.6 is 11.6 Å². The minimum Gasteiger partial charge on any atom is -0.490 e. The van der Waals surface area contributed by atoms with Crippen molar-refractivity contribution in [3.63, 3.8) is 0 Å². The zero-order valence-electron chi connectivity index (χ0n) is 18.5. The van der Waals surface area contributed by atoms with Crippen LogP contribution < -0.4 is 14.8 Å². The first-order valence-electron chi connectivity index (χ1n) is 10.4. The second kappa shape index (κ2) is 11.4. The molecule has 0 unspecified atom stereocenters. The summed E-state index contributed by atoms with van der Waals surface area (Å²) in [4.78, 5) is 12.5. The maximum absolute atomic E-state index is 12.9. The molecule has 3 aromatic rings. The molecule has 0 bridgehead atoms. The lowest BCUT2D eigenvalue weighted by Crippen LogP contribution is -2.14. The second-order valence-electron chi connectivity index (χ2n) is 7.22. The molecule has 5 nitrogen and oxygen atoms in total. The van der Waals surface area contributed by atoms with Gasteiger partial charge in [-0.3, -0.25) is 4.79 Å². The number of nitrogens with zero attached hydrogens (tertiary/aromatic N) is 1. The molecule has 0 fully saturated rings. The van der Waals surface area contributed by atoms with Crippen LogP contribution in [0, 0.1) is 11.3 Å². The number of benzene rings is 3. The van der Waals surface area contributed by atoms with Gasteiger partial charge in [-0.1, -0.05) is 41.9 Å². The summed E-state index contributed by atoms with van der Waals surface area (Å²) >= 11 is 6.17. The molecule has 0 radical (unpaired) electrons. The summed E-state index contributed by atoms with van der Waals surface area (Å²) in [5.41, 5.74) is -0.0293. The van der Waals surface area contributed by atoms with E-state index in [0.717, 1.165) is 17.7 Å². The number of hydrogen-bond acceptors (Lipinski definition) is 4. The van der Waals surface area contributed by atoms with E-state index in [-0.39, 0.29) is 17.9 Å². The van der Waals surface area contributed by atoms with E-state index in [1.165, 1.54) is 18.2 Å². The molecular weight excluding hydrogens is 481 g/mol. The molecule has 0 heterocycles. The van der Waals surface area contributed by atoms with Gasteiger partial charge in [0.1, 0.15) is 18.2 Å². The molecule has 0 aliphatic rings. The Morgan fingerprint density at radius 3 is 2.51 bits per heavy atom. The van der Waals surface area contributed by atoms with Crippen molar-refractivity contribution in [1.29, 1.82) is 5.26 Å². The summed E-state index contributed by atoms with van der Waals surface area (Å²) in [7, 11) is 0. The number of rotatable bonds is 8. The molecule has 0 atom stereocenters. The Kier molecular flexibility index (Phi) is 8.39. The van der Waals surface area contributed by atoms with E-state index >= 15 is 0 Å². The number of anilines is 1. The molecule has 9 heteroatoms. The van der Waals surface area contributed by atoms with E-state index in [0.29, 0.717) is 28.7 Å². The average Bonchev–Trinajstić information content (AvgIpc) is 2.82. The molecule has 0 saturated heterocycles. The smallest absolute Gasteiger partial charge is 0.416 e. The van der Waals surface area contributed by atoms with Crippen molar-refractivity contribution in [3.8, 4) is 17.6 Å². The average molecular weight is 501 g/mol. The monoisotopic (exact) mass is 500 g/mol. The van der Waals surface area contributed by atoms with E-state index in [1.807, 2.05) is 18.2 Å². The number of ether oxygens (including phenoxy) is 2. The Balaban J connectivity index is 1.79. The fraction of sp³-hybridized carbons (Fsp3) is 0.154. The summed E-state index contributed by atoms with van der Waals surface area (Å²) in [6.45, 7) is 2.35. The third-order valence-electron chi connectivity index (χ3n) is 4.73. The summed E-state index contributed by atoms with van der Waals surface area (Å²) in [5, 5.41) is 12.3. The predicted octanol–water partition coefficient (Wildman–Crippen LogP) is 6.88. The lowest BCUT2D eigenvalue weighted by Gasteiger charge is -2.13. The Morgan fingerprint density at radius 2 is 1.83 bits per heavy atom. The largest absolute Gasteiger partial charge is 0.490 e.